The standard InChI is InChI=1S/C36H51N7O8/c1-25(2)34(36(47)39-3)41-31(45)14-16-48-18-20-50-22-23-51-21-19-49-17-15-40-30(44)12-13-32(46)43-24-26-8-4-5-9-27(26)33(37)35(42-38)28-10-6-7-11-29(28)43/h4-11,25,34,38H,12-24,37H2,1-3H3,(H,39,47)(H,40,44)(H,41,45)/b35-33-,42-38?/t34-/m0/s1. The summed E-state index contributed by atoms with van der Waals surface area (Å²) < 4.78 is 21.9. The molecule has 0 aliphatic carbocycles. The van der Waals surface area contributed by atoms with Gasteiger partial charge in [0.25, 0.3) is 0 Å². The summed E-state index contributed by atoms with van der Waals surface area (Å²) in [4.78, 5) is 51.5. The molecule has 0 bridgehead atoms. The predicted octanol–water partition coefficient (Wildman–Crippen LogP) is 2.59. The van der Waals surface area contributed by atoms with E-state index in [4.69, 9.17) is 30.2 Å². The van der Waals surface area contributed by atoms with Gasteiger partial charge in [-0.25, -0.2) is 5.53 Å². The molecule has 3 rings (SSSR count). The highest BCUT2D eigenvalue weighted by Gasteiger charge is 2.26. The number of fused-ring (bicyclic) bond motifs is 2. The first kappa shape index (κ1) is 40.7. The summed E-state index contributed by atoms with van der Waals surface area (Å²) in [6.45, 7) is 6.96. The number of nitrogens with two attached hydrogens (primary N) is 1. The molecular formula is C36H51N7O8. The lowest BCUT2D eigenvalue weighted by atomic mass is 9.96. The van der Waals surface area contributed by atoms with Gasteiger partial charge >= 0.3 is 0 Å². The smallest absolute Gasteiger partial charge is 0.242 e. The summed E-state index contributed by atoms with van der Waals surface area (Å²) in [5, 5.41) is 11.7. The first-order chi connectivity index (χ1) is 24.7. The number of nitrogens with one attached hydrogen (secondary N) is 4. The highest BCUT2D eigenvalue weighted by molar-refractivity contribution is 6.02. The number of nitrogens with zero attached hydrogens (tertiary/aromatic N) is 2. The maximum absolute atomic E-state index is 13.5. The summed E-state index contributed by atoms with van der Waals surface area (Å²) in [5.41, 5.74) is 17.6. The van der Waals surface area contributed by atoms with Crippen molar-refractivity contribution in [3.8, 4) is 0 Å². The number of carbonyl (C=O) groups is 4. The second kappa shape index (κ2) is 22.2. The zero-order valence-electron chi connectivity index (χ0n) is 29.7. The van der Waals surface area contributed by atoms with Crippen LogP contribution < -0.4 is 26.6 Å². The Morgan fingerprint density at radius 3 is 2.02 bits per heavy atom. The van der Waals surface area contributed by atoms with E-state index in [0.717, 1.165) is 5.56 Å². The summed E-state index contributed by atoms with van der Waals surface area (Å²) in [6, 6.07) is 14.0. The summed E-state index contributed by atoms with van der Waals surface area (Å²) in [7, 11) is 1.54. The van der Waals surface area contributed by atoms with E-state index in [1.807, 2.05) is 44.2 Å². The topological polar surface area (TPSA) is 207 Å². The molecule has 1 heterocycles. The Kier molecular flexibility index (Phi) is 17.7. The van der Waals surface area contributed by atoms with Crippen molar-refractivity contribution in [3.63, 3.8) is 0 Å². The zero-order valence-corrected chi connectivity index (χ0v) is 29.7. The van der Waals surface area contributed by atoms with Gasteiger partial charge in [0.2, 0.25) is 23.6 Å². The van der Waals surface area contributed by atoms with Crippen molar-refractivity contribution in [2.75, 3.05) is 71.3 Å². The number of carbonyl (C=O) groups excluding carboxylic acids is 4. The van der Waals surface area contributed by atoms with E-state index < -0.39 is 6.04 Å². The van der Waals surface area contributed by atoms with Crippen molar-refractivity contribution in [1.82, 2.24) is 16.0 Å². The van der Waals surface area contributed by atoms with Gasteiger partial charge in [-0.3, -0.25) is 19.2 Å². The number of rotatable bonds is 22. The normalized spacial score (nSPS) is 14.5. The van der Waals surface area contributed by atoms with Gasteiger partial charge in [0.15, 0.2) is 0 Å². The first-order valence-electron chi connectivity index (χ1n) is 17.1. The van der Waals surface area contributed by atoms with Crippen LogP contribution in [0, 0.1) is 11.4 Å². The molecule has 0 radical (unpaired) electrons. The number of likely N-dealkylation sites (N-methyl/N-ethyl adjacent to an activating group) is 1. The molecule has 0 fully saturated rings. The van der Waals surface area contributed by atoms with Crippen LogP contribution in [0.5, 0.6) is 0 Å². The SMILES string of the molecule is CNC(=O)[C@@H](NC(=O)CCOCCOCCOCCOCCNC(=O)CCC(=O)N1Cc2ccccc2/C(N)=C(/N=N)c2ccccc21)C(C)C. The van der Waals surface area contributed by atoms with Gasteiger partial charge < -0.3 is 45.5 Å². The fraction of sp³-hybridized carbons (Fsp3) is 0.500. The van der Waals surface area contributed by atoms with Gasteiger partial charge in [-0.1, -0.05) is 56.3 Å². The average Bonchev–Trinajstić information content (AvgIpc) is 3.13. The monoisotopic (exact) mass is 709 g/mol. The molecule has 1 aliphatic heterocycles. The van der Waals surface area contributed by atoms with Crippen LogP contribution in [0.15, 0.2) is 53.6 Å². The predicted molar refractivity (Wildman–Crippen MR) is 191 cm³/mol. The fourth-order valence-electron chi connectivity index (χ4n) is 5.27. The average molecular weight is 710 g/mol. The Balaban J connectivity index is 1.23. The lowest BCUT2D eigenvalue weighted by Gasteiger charge is -2.29. The summed E-state index contributed by atoms with van der Waals surface area (Å²) >= 11 is 0. The molecule has 6 N–H and O–H groups in total. The minimum Gasteiger partial charge on any atom is -0.396 e. The Bertz CT molecular complexity index is 1500. The lowest BCUT2D eigenvalue weighted by Crippen LogP contribution is -2.48. The molecule has 2 aromatic rings. The van der Waals surface area contributed by atoms with Crippen LogP contribution in [0.4, 0.5) is 5.69 Å². The molecule has 0 saturated heterocycles. The third-order valence-corrected chi connectivity index (χ3v) is 7.99. The molecule has 1 atom stereocenters. The Hall–Kier alpha value is -4.70. The quantitative estimate of drug-likeness (QED) is 0.0899. The Morgan fingerprint density at radius 1 is 0.804 bits per heavy atom. The number of benzene rings is 2. The second-order valence-corrected chi connectivity index (χ2v) is 12.0. The van der Waals surface area contributed by atoms with Gasteiger partial charge in [-0.2, -0.15) is 5.11 Å². The van der Waals surface area contributed by atoms with Gasteiger partial charge in [-0.05, 0) is 17.5 Å². The van der Waals surface area contributed by atoms with Crippen LogP contribution >= 0.6 is 0 Å². The number of anilines is 1. The van der Waals surface area contributed by atoms with Crippen molar-refractivity contribution >= 4 is 40.7 Å². The van der Waals surface area contributed by atoms with E-state index in [-0.39, 0.29) is 67.7 Å². The van der Waals surface area contributed by atoms with E-state index in [9.17, 15) is 19.2 Å². The molecular weight excluding hydrogens is 658 g/mol. The first-order valence-corrected chi connectivity index (χ1v) is 17.1. The van der Waals surface area contributed by atoms with Crippen molar-refractivity contribution in [3.05, 3.63) is 65.2 Å². The highest BCUT2D eigenvalue weighted by Crippen LogP contribution is 2.36. The molecule has 4 amide bonds. The maximum Gasteiger partial charge on any atom is 0.242 e. The van der Waals surface area contributed by atoms with Crippen LogP contribution in [0.1, 0.15) is 49.8 Å². The maximum atomic E-state index is 13.5. The van der Waals surface area contributed by atoms with Crippen molar-refractivity contribution in [2.45, 2.75) is 45.7 Å². The van der Waals surface area contributed by atoms with Crippen LogP contribution in [0.2, 0.25) is 0 Å². The largest absolute Gasteiger partial charge is 0.396 e. The fourth-order valence-corrected chi connectivity index (χ4v) is 5.27. The van der Waals surface area contributed by atoms with Crippen molar-refractivity contribution in [2.24, 2.45) is 16.8 Å². The third-order valence-electron chi connectivity index (χ3n) is 7.99. The van der Waals surface area contributed by atoms with E-state index in [1.54, 1.807) is 23.1 Å². The lowest BCUT2D eigenvalue weighted by molar-refractivity contribution is -0.130. The number of hydrogen-bond donors (Lipinski definition) is 5. The van der Waals surface area contributed by atoms with Crippen LogP contribution in [-0.2, 0) is 44.7 Å². The molecule has 278 valence electrons. The molecule has 0 spiro atoms. The van der Waals surface area contributed by atoms with Crippen molar-refractivity contribution in [1.29, 1.82) is 5.53 Å². The molecule has 2 aromatic carbocycles. The molecule has 1 aliphatic rings. The molecule has 15 nitrogen and oxygen atoms in total. The molecule has 0 aromatic heterocycles. The van der Waals surface area contributed by atoms with Crippen LogP contribution in [0.3, 0.4) is 0 Å². The van der Waals surface area contributed by atoms with Gasteiger partial charge in [0, 0.05) is 44.0 Å². The van der Waals surface area contributed by atoms with Gasteiger partial charge in [0.05, 0.1) is 70.8 Å². The zero-order chi connectivity index (χ0) is 37.0. The van der Waals surface area contributed by atoms with Gasteiger partial charge in [-0.15, -0.1) is 0 Å². The summed E-state index contributed by atoms with van der Waals surface area (Å²) in [6.07, 6.45) is 0.153. The summed E-state index contributed by atoms with van der Waals surface area (Å²) in [5.74, 6) is -0.997. The third kappa shape index (κ3) is 13.2. The van der Waals surface area contributed by atoms with E-state index in [0.29, 0.717) is 75.3 Å². The number of para-hydroxylation sites is 1. The minimum atomic E-state index is -0.576. The molecule has 15 heteroatoms. The second-order valence-electron chi connectivity index (χ2n) is 12.0. The minimum absolute atomic E-state index is 0.00581. The van der Waals surface area contributed by atoms with Crippen LogP contribution in [-0.4, -0.2) is 96.1 Å². The molecule has 0 saturated carbocycles. The van der Waals surface area contributed by atoms with E-state index >= 15 is 0 Å². The Morgan fingerprint density at radius 2 is 1.39 bits per heavy atom. The molecule has 51 heavy (non-hydrogen) atoms. The van der Waals surface area contributed by atoms with E-state index in [1.165, 1.54) is 7.05 Å². The number of ether oxygens (including phenoxy) is 4. The Labute approximate surface area is 299 Å². The molecule has 0 unspecified atom stereocenters. The van der Waals surface area contributed by atoms with Crippen molar-refractivity contribution < 1.29 is 38.1 Å². The number of hydrogen-bond acceptors (Lipinski definition) is 11. The number of amides is 4. The highest BCUT2D eigenvalue weighted by atomic mass is 16.6. The van der Waals surface area contributed by atoms with Gasteiger partial charge in [0.1, 0.15) is 11.7 Å². The van der Waals surface area contributed by atoms with Crippen LogP contribution in [0.25, 0.3) is 11.4 Å². The van der Waals surface area contributed by atoms with E-state index in [2.05, 4.69) is 21.1 Å².